The van der Waals surface area contributed by atoms with E-state index in [9.17, 15) is 5.11 Å². The van der Waals surface area contributed by atoms with Crippen LogP contribution >= 0.6 is 0 Å². The van der Waals surface area contributed by atoms with E-state index in [1.54, 1.807) is 0 Å². The molecule has 1 saturated carbocycles. The number of phenolic OH excluding ortho intramolecular Hbond substituents is 1. The molecular weight excluding hydrogens is 246 g/mol. The first-order valence-corrected chi connectivity index (χ1v) is 8.14. The lowest BCUT2D eigenvalue weighted by Gasteiger charge is -2.42. The van der Waals surface area contributed by atoms with Crippen LogP contribution < -0.4 is 5.32 Å². The molecule has 0 radical (unpaired) electrons. The van der Waals surface area contributed by atoms with Gasteiger partial charge in [-0.25, -0.2) is 0 Å². The molecule has 2 nitrogen and oxygen atoms in total. The van der Waals surface area contributed by atoms with Crippen molar-refractivity contribution in [1.29, 1.82) is 0 Å². The summed E-state index contributed by atoms with van der Waals surface area (Å²) in [6.07, 6.45) is 8.93. The van der Waals surface area contributed by atoms with E-state index in [-0.39, 0.29) is 0 Å². The first kappa shape index (κ1) is 13.9. The Morgan fingerprint density at radius 2 is 2.00 bits per heavy atom. The maximum atomic E-state index is 9.79. The molecule has 0 bridgehead atoms. The van der Waals surface area contributed by atoms with E-state index in [1.807, 2.05) is 12.1 Å². The van der Waals surface area contributed by atoms with Crippen LogP contribution in [0.4, 0.5) is 0 Å². The zero-order chi connectivity index (χ0) is 14.2. The lowest BCUT2D eigenvalue weighted by atomic mass is 9.72. The molecule has 0 heterocycles. The van der Waals surface area contributed by atoms with E-state index >= 15 is 0 Å². The fourth-order valence-corrected chi connectivity index (χ4v) is 4.01. The topological polar surface area (TPSA) is 32.3 Å². The zero-order valence-electron chi connectivity index (χ0n) is 12.8. The highest BCUT2D eigenvalue weighted by Crippen LogP contribution is 2.39. The second-order valence-electron chi connectivity index (χ2n) is 7.28. The van der Waals surface area contributed by atoms with Crippen LogP contribution in [0.2, 0.25) is 0 Å². The van der Waals surface area contributed by atoms with Gasteiger partial charge in [0.15, 0.2) is 0 Å². The molecule has 0 aromatic heterocycles. The minimum Gasteiger partial charge on any atom is -0.508 e. The Labute approximate surface area is 122 Å². The number of phenols is 1. The zero-order valence-corrected chi connectivity index (χ0v) is 12.8. The Balaban J connectivity index is 1.80. The molecule has 1 aromatic carbocycles. The highest BCUT2D eigenvalue weighted by Gasteiger charge is 2.34. The summed E-state index contributed by atoms with van der Waals surface area (Å²) >= 11 is 0. The molecule has 2 unspecified atom stereocenters. The van der Waals surface area contributed by atoms with Gasteiger partial charge in [-0.3, -0.25) is 0 Å². The number of nitrogens with one attached hydrogen (secondary N) is 1. The second kappa shape index (κ2) is 5.40. The predicted molar refractivity (Wildman–Crippen MR) is 83.0 cm³/mol. The van der Waals surface area contributed by atoms with Crippen molar-refractivity contribution in [3.8, 4) is 5.75 Å². The van der Waals surface area contributed by atoms with Crippen molar-refractivity contribution in [3.63, 3.8) is 0 Å². The molecule has 20 heavy (non-hydrogen) atoms. The Morgan fingerprint density at radius 1 is 1.15 bits per heavy atom. The van der Waals surface area contributed by atoms with E-state index in [1.165, 1.54) is 49.7 Å². The molecular formula is C18H27NO. The maximum absolute atomic E-state index is 9.79. The Kier molecular flexibility index (Phi) is 3.76. The van der Waals surface area contributed by atoms with Crippen LogP contribution in [0.5, 0.6) is 5.75 Å². The van der Waals surface area contributed by atoms with Crippen LogP contribution in [0, 0.1) is 5.41 Å². The van der Waals surface area contributed by atoms with Gasteiger partial charge in [0.1, 0.15) is 5.75 Å². The van der Waals surface area contributed by atoms with E-state index in [0.717, 1.165) is 6.42 Å². The lowest BCUT2D eigenvalue weighted by Crippen LogP contribution is -2.46. The molecule has 0 amide bonds. The molecule has 0 aliphatic heterocycles. The standard InChI is InChI=1S/C18H27NO/c1-18(2)11-4-3-8-17(18)19-16-7-5-6-13-9-10-14(20)12-15(13)16/h9-10,12,16-17,19-20H,3-8,11H2,1-2H3. The van der Waals surface area contributed by atoms with Crippen LogP contribution in [0.25, 0.3) is 0 Å². The molecule has 2 N–H and O–H groups in total. The van der Waals surface area contributed by atoms with Crippen molar-refractivity contribution in [2.45, 2.75) is 70.9 Å². The van der Waals surface area contributed by atoms with E-state index in [2.05, 4.69) is 25.2 Å². The third kappa shape index (κ3) is 2.71. The normalized spacial score (nSPS) is 28.9. The first-order chi connectivity index (χ1) is 9.56. The minimum atomic E-state index is 0.396. The minimum absolute atomic E-state index is 0.396. The third-order valence-corrected chi connectivity index (χ3v) is 5.35. The number of benzene rings is 1. The Bertz CT molecular complexity index is 480. The first-order valence-electron chi connectivity index (χ1n) is 8.14. The van der Waals surface area contributed by atoms with Crippen LogP contribution in [0.1, 0.15) is 69.5 Å². The molecule has 2 atom stereocenters. The fraction of sp³-hybridized carbons (Fsp3) is 0.667. The van der Waals surface area contributed by atoms with Crippen LogP contribution in [-0.2, 0) is 6.42 Å². The summed E-state index contributed by atoms with van der Waals surface area (Å²) in [4.78, 5) is 0. The van der Waals surface area contributed by atoms with Crippen molar-refractivity contribution in [2.75, 3.05) is 0 Å². The lowest BCUT2D eigenvalue weighted by molar-refractivity contribution is 0.151. The van der Waals surface area contributed by atoms with E-state index in [0.29, 0.717) is 23.2 Å². The van der Waals surface area contributed by atoms with E-state index < -0.39 is 0 Å². The van der Waals surface area contributed by atoms with Gasteiger partial charge in [0.2, 0.25) is 0 Å². The molecule has 0 spiro atoms. The fourth-order valence-electron chi connectivity index (χ4n) is 4.01. The van der Waals surface area contributed by atoms with Gasteiger partial charge < -0.3 is 10.4 Å². The molecule has 1 aromatic rings. The SMILES string of the molecule is CC1(C)CCCCC1NC1CCCc2ccc(O)cc21. The maximum Gasteiger partial charge on any atom is 0.115 e. The molecule has 3 rings (SSSR count). The van der Waals surface area contributed by atoms with Crippen molar-refractivity contribution >= 4 is 0 Å². The molecule has 2 aliphatic carbocycles. The summed E-state index contributed by atoms with van der Waals surface area (Å²) in [5.74, 6) is 0.403. The summed E-state index contributed by atoms with van der Waals surface area (Å²) in [6, 6.07) is 6.93. The largest absolute Gasteiger partial charge is 0.508 e. The number of hydrogen-bond donors (Lipinski definition) is 2. The van der Waals surface area contributed by atoms with Crippen molar-refractivity contribution in [1.82, 2.24) is 5.32 Å². The van der Waals surface area contributed by atoms with Gasteiger partial charge in [-0.15, -0.1) is 0 Å². The summed E-state index contributed by atoms with van der Waals surface area (Å²) in [7, 11) is 0. The molecule has 2 heteroatoms. The molecule has 110 valence electrons. The number of aromatic hydroxyl groups is 1. The molecule has 2 aliphatic rings. The summed E-state index contributed by atoms with van der Waals surface area (Å²) in [5, 5.41) is 13.7. The van der Waals surface area contributed by atoms with Crippen LogP contribution in [0.15, 0.2) is 18.2 Å². The summed E-state index contributed by atoms with van der Waals surface area (Å²) < 4.78 is 0. The highest BCUT2D eigenvalue weighted by molar-refractivity contribution is 5.38. The Morgan fingerprint density at radius 3 is 2.80 bits per heavy atom. The van der Waals surface area contributed by atoms with Crippen LogP contribution in [-0.4, -0.2) is 11.1 Å². The quantitative estimate of drug-likeness (QED) is 0.840. The van der Waals surface area contributed by atoms with Gasteiger partial charge in [-0.05, 0) is 60.8 Å². The van der Waals surface area contributed by atoms with E-state index in [4.69, 9.17) is 0 Å². The molecule has 1 fully saturated rings. The second-order valence-corrected chi connectivity index (χ2v) is 7.28. The number of rotatable bonds is 2. The van der Waals surface area contributed by atoms with Gasteiger partial charge in [0.25, 0.3) is 0 Å². The molecule has 0 saturated heterocycles. The van der Waals surface area contributed by atoms with Crippen LogP contribution in [0.3, 0.4) is 0 Å². The van der Waals surface area contributed by atoms with Gasteiger partial charge in [-0.1, -0.05) is 32.8 Å². The predicted octanol–water partition coefficient (Wildman–Crippen LogP) is 4.33. The monoisotopic (exact) mass is 273 g/mol. The summed E-state index contributed by atoms with van der Waals surface area (Å²) in [5.41, 5.74) is 3.14. The number of aryl methyl sites for hydroxylation is 1. The third-order valence-electron chi connectivity index (χ3n) is 5.35. The van der Waals surface area contributed by atoms with Gasteiger partial charge in [0.05, 0.1) is 0 Å². The van der Waals surface area contributed by atoms with Gasteiger partial charge >= 0.3 is 0 Å². The van der Waals surface area contributed by atoms with Gasteiger partial charge in [-0.2, -0.15) is 0 Å². The average molecular weight is 273 g/mol. The summed E-state index contributed by atoms with van der Waals surface area (Å²) in [6.45, 7) is 4.80. The highest BCUT2D eigenvalue weighted by atomic mass is 16.3. The Hall–Kier alpha value is -1.02. The number of hydrogen-bond acceptors (Lipinski definition) is 2. The number of fused-ring (bicyclic) bond motifs is 1. The van der Waals surface area contributed by atoms with Crippen molar-refractivity contribution < 1.29 is 5.11 Å². The van der Waals surface area contributed by atoms with Gasteiger partial charge in [0, 0.05) is 12.1 Å². The van der Waals surface area contributed by atoms with Crippen molar-refractivity contribution in [3.05, 3.63) is 29.3 Å². The average Bonchev–Trinajstić information content (AvgIpc) is 2.41. The smallest absolute Gasteiger partial charge is 0.115 e. The van der Waals surface area contributed by atoms with Crippen molar-refractivity contribution in [2.24, 2.45) is 5.41 Å².